The minimum Gasteiger partial charge on any atom is -0.463 e. The number of fused-ring (bicyclic) bond motifs is 1. The Morgan fingerprint density at radius 1 is 1.29 bits per heavy atom. The number of esters is 1. The Bertz CT molecular complexity index is 382. The summed E-state index contributed by atoms with van der Waals surface area (Å²) in [5, 5.41) is 10.2. The van der Waals surface area contributed by atoms with Gasteiger partial charge in [0.25, 0.3) is 0 Å². The molecule has 0 aromatic heterocycles. The number of hydrogen-bond donors (Lipinski definition) is 1. The minimum absolute atomic E-state index is 0.0319. The maximum absolute atomic E-state index is 11.6. The minimum atomic E-state index is -0.959. The second kappa shape index (κ2) is 6.18. The van der Waals surface area contributed by atoms with Crippen molar-refractivity contribution >= 4 is 5.97 Å². The molecule has 2 fully saturated rings. The van der Waals surface area contributed by atoms with Crippen LogP contribution in [0, 0.1) is 5.92 Å². The molecule has 0 unspecified atom stereocenters. The number of methoxy groups -OCH3 is 1. The van der Waals surface area contributed by atoms with Crippen molar-refractivity contribution in [2.45, 2.75) is 64.2 Å². The van der Waals surface area contributed by atoms with Gasteiger partial charge in [-0.05, 0) is 13.8 Å². The van der Waals surface area contributed by atoms with E-state index in [0.717, 1.165) is 0 Å². The molecule has 0 aromatic rings. The average Bonchev–Trinajstić information content (AvgIpc) is 2.73. The van der Waals surface area contributed by atoms with Gasteiger partial charge in [0.1, 0.15) is 31.0 Å². The van der Waals surface area contributed by atoms with Gasteiger partial charge in [-0.15, -0.1) is 0 Å². The summed E-state index contributed by atoms with van der Waals surface area (Å²) in [7, 11) is 1.44. The molecule has 2 rings (SSSR count). The lowest BCUT2D eigenvalue weighted by Crippen LogP contribution is -2.58. The van der Waals surface area contributed by atoms with E-state index in [1.807, 2.05) is 0 Å². The van der Waals surface area contributed by atoms with E-state index in [2.05, 4.69) is 0 Å². The van der Waals surface area contributed by atoms with Crippen molar-refractivity contribution in [3.8, 4) is 0 Å². The maximum Gasteiger partial charge on any atom is 0.308 e. The zero-order valence-corrected chi connectivity index (χ0v) is 13.1. The fourth-order valence-electron chi connectivity index (χ4n) is 2.51. The van der Waals surface area contributed by atoms with Gasteiger partial charge in [-0.1, -0.05) is 13.8 Å². The van der Waals surface area contributed by atoms with E-state index in [4.69, 9.17) is 23.7 Å². The van der Waals surface area contributed by atoms with E-state index < -0.39 is 36.5 Å². The van der Waals surface area contributed by atoms with Crippen LogP contribution >= 0.6 is 0 Å². The summed E-state index contributed by atoms with van der Waals surface area (Å²) in [5.74, 6) is -1.36. The quantitative estimate of drug-likeness (QED) is 0.754. The van der Waals surface area contributed by atoms with Gasteiger partial charge in [0, 0.05) is 7.11 Å². The van der Waals surface area contributed by atoms with E-state index >= 15 is 0 Å². The second-order valence-corrected chi connectivity index (χ2v) is 6.12. The van der Waals surface area contributed by atoms with Gasteiger partial charge in [-0.3, -0.25) is 4.79 Å². The van der Waals surface area contributed by atoms with Crippen LogP contribution in [0.3, 0.4) is 0 Å². The predicted molar refractivity (Wildman–Crippen MR) is 71.3 cm³/mol. The number of carbonyl (C=O) groups excluding carboxylic acids is 1. The van der Waals surface area contributed by atoms with Crippen LogP contribution in [0.25, 0.3) is 0 Å². The molecule has 7 heteroatoms. The van der Waals surface area contributed by atoms with Crippen molar-refractivity contribution in [2.24, 2.45) is 5.92 Å². The molecule has 0 spiro atoms. The van der Waals surface area contributed by atoms with Crippen molar-refractivity contribution < 1.29 is 33.6 Å². The summed E-state index contributed by atoms with van der Waals surface area (Å²) in [5.41, 5.74) is 0. The first-order valence-electron chi connectivity index (χ1n) is 7.14. The third-order valence-corrected chi connectivity index (χ3v) is 3.55. The molecule has 122 valence electrons. The molecule has 7 nitrogen and oxygen atoms in total. The highest BCUT2D eigenvalue weighted by molar-refractivity contribution is 5.71. The van der Waals surface area contributed by atoms with E-state index in [9.17, 15) is 9.90 Å². The number of ether oxygens (including phenoxy) is 5. The third-order valence-electron chi connectivity index (χ3n) is 3.55. The molecule has 0 bridgehead atoms. The lowest BCUT2D eigenvalue weighted by Gasteiger charge is -2.38. The van der Waals surface area contributed by atoms with Crippen LogP contribution in [0.2, 0.25) is 0 Å². The van der Waals surface area contributed by atoms with Gasteiger partial charge in [0.2, 0.25) is 0 Å². The van der Waals surface area contributed by atoms with E-state index in [0.29, 0.717) is 0 Å². The Labute approximate surface area is 124 Å². The van der Waals surface area contributed by atoms with Crippen LogP contribution in [0.5, 0.6) is 0 Å². The first-order valence-corrected chi connectivity index (χ1v) is 7.14. The van der Waals surface area contributed by atoms with Crippen LogP contribution in [-0.4, -0.2) is 61.3 Å². The van der Waals surface area contributed by atoms with Crippen molar-refractivity contribution in [1.29, 1.82) is 0 Å². The fraction of sp³-hybridized carbons (Fsp3) is 0.929. The van der Waals surface area contributed by atoms with Crippen LogP contribution in [0.15, 0.2) is 0 Å². The molecule has 2 heterocycles. The van der Waals surface area contributed by atoms with E-state index in [1.165, 1.54) is 7.11 Å². The zero-order chi connectivity index (χ0) is 15.8. The highest BCUT2D eigenvalue weighted by Crippen LogP contribution is 2.37. The smallest absolute Gasteiger partial charge is 0.308 e. The Morgan fingerprint density at radius 3 is 2.48 bits per heavy atom. The van der Waals surface area contributed by atoms with Crippen LogP contribution < -0.4 is 0 Å². The van der Waals surface area contributed by atoms with E-state index in [-0.39, 0.29) is 18.5 Å². The normalized spacial score (nSPS) is 38.3. The Morgan fingerprint density at radius 2 is 1.90 bits per heavy atom. The largest absolute Gasteiger partial charge is 0.463 e. The molecule has 5 atom stereocenters. The summed E-state index contributed by atoms with van der Waals surface area (Å²) >= 11 is 0. The Balaban J connectivity index is 2.07. The monoisotopic (exact) mass is 304 g/mol. The SMILES string of the molecule is CO[C@@H]1O[C@H](COC(=O)C(C)C)[C@@H]2OC(C)(C)O[C@@H]2[C@H]1O. The van der Waals surface area contributed by atoms with Crippen LogP contribution in [0.1, 0.15) is 27.7 Å². The summed E-state index contributed by atoms with van der Waals surface area (Å²) in [4.78, 5) is 11.6. The first-order chi connectivity index (χ1) is 9.75. The number of carbonyl (C=O) groups is 1. The molecule has 0 saturated carbocycles. The van der Waals surface area contributed by atoms with Gasteiger partial charge in [-0.2, -0.15) is 0 Å². The highest BCUT2D eigenvalue weighted by atomic mass is 16.8. The van der Waals surface area contributed by atoms with Crippen molar-refractivity contribution in [3.05, 3.63) is 0 Å². The van der Waals surface area contributed by atoms with Gasteiger partial charge >= 0.3 is 5.97 Å². The molecule has 0 amide bonds. The van der Waals surface area contributed by atoms with E-state index in [1.54, 1.807) is 27.7 Å². The van der Waals surface area contributed by atoms with Crippen LogP contribution in [0.4, 0.5) is 0 Å². The molecular formula is C14H24O7. The fourth-order valence-corrected chi connectivity index (χ4v) is 2.51. The molecule has 2 aliphatic heterocycles. The third kappa shape index (κ3) is 3.54. The second-order valence-electron chi connectivity index (χ2n) is 6.12. The molecule has 1 N–H and O–H groups in total. The highest BCUT2D eigenvalue weighted by Gasteiger charge is 2.55. The molecule has 0 aliphatic carbocycles. The van der Waals surface area contributed by atoms with Gasteiger partial charge < -0.3 is 28.8 Å². The number of rotatable bonds is 4. The van der Waals surface area contributed by atoms with Gasteiger partial charge in [0.05, 0.1) is 5.92 Å². The molecular weight excluding hydrogens is 280 g/mol. The number of aliphatic hydroxyl groups excluding tert-OH is 1. The molecule has 2 saturated heterocycles. The Kier molecular flexibility index (Phi) is 4.89. The summed E-state index contributed by atoms with van der Waals surface area (Å²) < 4.78 is 27.4. The first kappa shape index (κ1) is 16.6. The van der Waals surface area contributed by atoms with Gasteiger partial charge in [-0.25, -0.2) is 0 Å². The Hall–Kier alpha value is -0.730. The standard InChI is InChI=1S/C14H24O7/c1-7(2)12(16)18-6-8-10-11(21-14(3,4)20-10)9(15)13(17-5)19-8/h7-11,13,15H,6H2,1-5H3/t8-,9-,10+,11-,13-/m1/s1. The van der Waals surface area contributed by atoms with Gasteiger partial charge in [0.15, 0.2) is 12.1 Å². The van der Waals surface area contributed by atoms with Crippen molar-refractivity contribution in [1.82, 2.24) is 0 Å². The predicted octanol–water partition coefficient (Wildman–Crippen LogP) is 0.438. The molecule has 21 heavy (non-hydrogen) atoms. The summed E-state index contributed by atoms with van der Waals surface area (Å²) in [6, 6.07) is 0. The van der Waals surface area contributed by atoms with Crippen LogP contribution in [-0.2, 0) is 28.5 Å². The lowest BCUT2D eigenvalue weighted by molar-refractivity contribution is -0.275. The maximum atomic E-state index is 11.6. The number of hydrogen-bond acceptors (Lipinski definition) is 7. The molecule has 2 aliphatic rings. The topological polar surface area (TPSA) is 83.5 Å². The lowest BCUT2D eigenvalue weighted by atomic mass is 9.99. The summed E-state index contributed by atoms with van der Waals surface area (Å²) in [6.07, 6.45) is -3.44. The number of aliphatic hydroxyl groups is 1. The van der Waals surface area contributed by atoms with Crippen molar-refractivity contribution in [3.63, 3.8) is 0 Å². The van der Waals surface area contributed by atoms with Crippen molar-refractivity contribution in [2.75, 3.05) is 13.7 Å². The zero-order valence-electron chi connectivity index (χ0n) is 13.1. The average molecular weight is 304 g/mol. The molecule has 0 aromatic carbocycles. The molecule has 0 radical (unpaired) electrons. The summed E-state index contributed by atoms with van der Waals surface area (Å²) in [6.45, 7) is 7.07.